The predicted molar refractivity (Wildman–Crippen MR) is 93.5 cm³/mol. The highest BCUT2D eigenvalue weighted by Crippen LogP contribution is 2.35. The van der Waals surface area contributed by atoms with Crippen molar-refractivity contribution in [1.29, 1.82) is 0 Å². The highest BCUT2D eigenvalue weighted by atomic mass is 32.2. The number of carbonyl (C=O) groups is 1. The summed E-state index contributed by atoms with van der Waals surface area (Å²) in [6.07, 6.45) is 6.24. The molecule has 0 bridgehead atoms. The number of hydrogen-bond acceptors (Lipinski definition) is 3. The lowest BCUT2D eigenvalue weighted by atomic mass is 10.1. The van der Waals surface area contributed by atoms with Gasteiger partial charge in [-0.2, -0.15) is 0 Å². The SMILES string of the molecule is C[C@H](C1CC1)N(C)C(=O)c1cccc(CSc2nccn2C)c1. The number of aryl methyl sites for hydroxylation is 1. The summed E-state index contributed by atoms with van der Waals surface area (Å²) in [7, 11) is 3.91. The molecule has 0 saturated heterocycles. The van der Waals surface area contributed by atoms with Gasteiger partial charge in [0.25, 0.3) is 5.91 Å². The van der Waals surface area contributed by atoms with Gasteiger partial charge in [-0.3, -0.25) is 4.79 Å². The van der Waals surface area contributed by atoms with Crippen LogP contribution < -0.4 is 0 Å². The fourth-order valence-electron chi connectivity index (χ4n) is 2.72. The zero-order valence-electron chi connectivity index (χ0n) is 13.9. The van der Waals surface area contributed by atoms with Crippen molar-refractivity contribution >= 4 is 17.7 Å². The Morgan fingerprint density at radius 2 is 2.26 bits per heavy atom. The number of aromatic nitrogens is 2. The van der Waals surface area contributed by atoms with E-state index in [0.717, 1.165) is 22.0 Å². The average Bonchev–Trinajstić information content (AvgIpc) is 3.34. The molecule has 3 rings (SSSR count). The molecule has 1 saturated carbocycles. The van der Waals surface area contributed by atoms with Crippen molar-refractivity contribution in [2.75, 3.05) is 7.05 Å². The molecule has 1 atom stereocenters. The van der Waals surface area contributed by atoms with Gasteiger partial charge in [0.15, 0.2) is 5.16 Å². The summed E-state index contributed by atoms with van der Waals surface area (Å²) in [6, 6.07) is 8.28. The van der Waals surface area contributed by atoms with Crippen LogP contribution in [0.15, 0.2) is 41.8 Å². The molecule has 0 radical (unpaired) electrons. The molecule has 1 heterocycles. The zero-order valence-corrected chi connectivity index (χ0v) is 14.7. The molecule has 0 unspecified atom stereocenters. The summed E-state index contributed by atoms with van der Waals surface area (Å²) in [5.74, 6) is 1.62. The van der Waals surface area contributed by atoms with Crippen LogP contribution in [-0.4, -0.2) is 33.4 Å². The molecule has 0 N–H and O–H groups in total. The van der Waals surface area contributed by atoms with Gasteiger partial charge >= 0.3 is 0 Å². The highest BCUT2D eigenvalue weighted by Gasteiger charge is 2.32. The standard InChI is InChI=1S/C18H23N3OS/c1-13(15-7-8-15)21(3)17(22)16-6-4-5-14(11-16)12-23-18-19-9-10-20(18)2/h4-6,9-11,13,15H,7-8,12H2,1-3H3/t13-/m1/s1. The molecular weight excluding hydrogens is 306 g/mol. The van der Waals surface area contributed by atoms with Crippen LogP contribution in [0.5, 0.6) is 0 Å². The van der Waals surface area contributed by atoms with Gasteiger partial charge in [-0.05, 0) is 43.4 Å². The summed E-state index contributed by atoms with van der Waals surface area (Å²) >= 11 is 1.68. The number of imidazole rings is 1. The van der Waals surface area contributed by atoms with Crippen LogP contribution in [0.3, 0.4) is 0 Å². The average molecular weight is 329 g/mol. The number of hydrogen-bond donors (Lipinski definition) is 0. The first-order valence-corrected chi connectivity index (χ1v) is 9.01. The van der Waals surface area contributed by atoms with E-state index >= 15 is 0 Å². The van der Waals surface area contributed by atoms with Crippen molar-refractivity contribution in [2.24, 2.45) is 13.0 Å². The Bertz CT molecular complexity index is 693. The summed E-state index contributed by atoms with van der Waals surface area (Å²) in [4.78, 5) is 18.9. The smallest absolute Gasteiger partial charge is 0.253 e. The summed E-state index contributed by atoms with van der Waals surface area (Å²) < 4.78 is 2.00. The molecule has 1 aromatic heterocycles. The van der Waals surface area contributed by atoms with E-state index in [-0.39, 0.29) is 5.91 Å². The second-order valence-electron chi connectivity index (χ2n) is 6.30. The van der Waals surface area contributed by atoms with Crippen molar-refractivity contribution < 1.29 is 4.79 Å². The van der Waals surface area contributed by atoms with Crippen LogP contribution in [0.1, 0.15) is 35.7 Å². The molecule has 1 amide bonds. The Morgan fingerprint density at radius 3 is 2.91 bits per heavy atom. The van der Waals surface area contributed by atoms with Crippen LogP contribution in [0.2, 0.25) is 0 Å². The fourth-order valence-corrected chi connectivity index (χ4v) is 3.59. The molecule has 2 aromatic rings. The molecule has 122 valence electrons. The molecular formula is C18H23N3OS. The molecule has 1 aliphatic carbocycles. The highest BCUT2D eigenvalue weighted by molar-refractivity contribution is 7.98. The van der Waals surface area contributed by atoms with Gasteiger partial charge in [0.05, 0.1) is 0 Å². The first kappa shape index (κ1) is 16.1. The third-order valence-corrected chi connectivity index (χ3v) is 5.68. The van der Waals surface area contributed by atoms with E-state index < -0.39 is 0 Å². The Balaban J connectivity index is 1.66. The van der Waals surface area contributed by atoms with E-state index in [1.54, 1.807) is 18.0 Å². The van der Waals surface area contributed by atoms with Crippen molar-refractivity contribution in [3.63, 3.8) is 0 Å². The quantitative estimate of drug-likeness (QED) is 0.760. The summed E-state index contributed by atoms with van der Waals surface area (Å²) in [5.41, 5.74) is 1.93. The molecule has 4 nitrogen and oxygen atoms in total. The molecule has 5 heteroatoms. The molecule has 23 heavy (non-hydrogen) atoms. The lowest BCUT2D eigenvalue weighted by Gasteiger charge is -2.25. The maximum absolute atomic E-state index is 12.7. The minimum Gasteiger partial charge on any atom is -0.339 e. The van der Waals surface area contributed by atoms with Gasteiger partial charge in [0.2, 0.25) is 0 Å². The maximum atomic E-state index is 12.7. The van der Waals surface area contributed by atoms with Crippen molar-refractivity contribution in [1.82, 2.24) is 14.5 Å². The maximum Gasteiger partial charge on any atom is 0.253 e. The zero-order chi connectivity index (χ0) is 16.4. The molecule has 1 fully saturated rings. The van der Waals surface area contributed by atoms with E-state index in [0.29, 0.717) is 12.0 Å². The van der Waals surface area contributed by atoms with Crippen LogP contribution >= 0.6 is 11.8 Å². The number of nitrogens with zero attached hydrogens (tertiary/aromatic N) is 3. The van der Waals surface area contributed by atoms with Gasteiger partial charge < -0.3 is 9.47 Å². The number of benzene rings is 1. The number of amides is 1. The normalized spacial score (nSPS) is 15.4. The van der Waals surface area contributed by atoms with E-state index in [1.807, 2.05) is 48.0 Å². The Labute approximate surface area is 141 Å². The second kappa shape index (κ2) is 6.79. The fraction of sp³-hybridized carbons (Fsp3) is 0.444. The van der Waals surface area contributed by atoms with Gasteiger partial charge in [-0.1, -0.05) is 23.9 Å². The van der Waals surface area contributed by atoms with E-state index in [1.165, 1.54) is 12.8 Å². The number of rotatable bonds is 6. The van der Waals surface area contributed by atoms with Crippen molar-refractivity contribution in [2.45, 2.75) is 36.7 Å². The summed E-state index contributed by atoms with van der Waals surface area (Å²) in [5, 5.41) is 0.987. The lowest BCUT2D eigenvalue weighted by molar-refractivity contribution is 0.0727. The monoisotopic (exact) mass is 329 g/mol. The van der Waals surface area contributed by atoms with Crippen molar-refractivity contribution in [3.05, 3.63) is 47.8 Å². The Morgan fingerprint density at radius 1 is 1.48 bits per heavy atom. The minimum atomic E-state index is 0.119. The van der Waals surface area contributed by atoms with E-state index in [2.05, 4.69) is 18.0 Å². The lowest BCUT2D eigenvalue weighted by Crippen LogP contribution is -2.36. The van der Waals surface area contributed by atoms with E-state index in [9.17, 15) is 4.79 Å². The molecule has 0 aliphatic heterocycles. The largest absolute Gasteiger partial charge is 0.339 e. The molecule has 0 spiro atoms. The minimum absolute atomic E-state index is 0.119. The van der Waals surface area contributed by atoms with Gasteiger partial charge in [-0.25, -0.2) is 4.98 Å². The number of thioether (sulfide) groups is 1. The third kappa shape index (κ3) is 3.78. The third-order valence-electron chi connectivity index (χ3n) is 4.55. The van der Waals surface area contributed by atoms with Crippen molar-refractivity contribution in [3.8, 4) is 0 Å². The first-order valence-electron chi connectivity index (χ1n) is 8.02. The topological polar surface area (TPSA) is 38.1 Å². The molecule has 1 aliphatic rings. The number of carbonyl (C=O) groups excluding carboxylic acids is 1. The second-order valence-corrected chi connectivity index (χ2v) is 7.25. The van der Waals surface area contributed by atoms with Crippen LogP contribution in [0.25, 0.3) is 0 Å². The van der Waals surface area contributed by atoms with Crippen LogP contribution in [0.4, 0.5) is 0 Å². The van der Waals surface area contributed by atoms with Crippen LogP contribution in [-0.2, 0) is 12.8 Å². The molecule has 1 aromatic carbocycles. The van der Waals surface area contributed by atoms with Gasteiger partial charge in [0.1, 0.15) is 0 Å². The van der Waals surface area contributed by atoms with Crippen LogP contribution in [0, 0.1) is 5.92 Å². The predicted octanol–water partition coefficient (Wildman–Crippen LogP) is 3.58. The van der Waals surface area contributed by atoms with E-state index in [4.69, 9.17) is 0 Å². The summed E-state index contributed by atoms with van der Waals surface area (Å²) in [6.45, 7) is 2.15. The first-order chi connectivity index (χ1) is 11.1. The van der Waals surface area contributed by atoms with Gasteiger partial charge in [0, 0.05) is 43.8 Å². The Kier molecular flexibility index (Phi) is 4.76. The van der Waals surface area contributed by atoms with Gasteiger partial charge in [-0.15, -0.1) is 0 Å². The Hall–Kier alpha value is -1.75.